The van der Waals surface area contributed by atoms with Crippen LogP contribution in [0.4, 0.5) is 0 Å². The van der Waals surface area contributed by atoms with Crippen LogP contribution in [0.1, 0.15) is 63.0 Å². The SMILES string of the molecule is CCCc1cccc(C2(N)CCCCCC2)c1. The first-order valence-electron chi connectivity index (χ1n) is 7.13. The van der Waals surface area contributed by atoms with Gasteiger partial charge in [0.1, 0.15) is 0 Å². The molecular formula is C16H25N. The van der Waals surface area contributed by atoms with Gasteiger partial charge in [0.2, 0.25) is 0 Å². The fourth-order valence-electron chi connectivity index (χ4n) is 2.97. The predicted molar refractivity (Wildman–Crippen MR) is 74.0 cm³/mol. The summed E-state index contributed by atoms with van der Waals surface area (Å²) in [5.74, 6) is 0. The lowest BCUT2D eigenvalue weighted by Crippen LogP contribution is -2.36. The Kier molecular flexibility index (Phi) is 4.22. The molecule has 0 aromatic heterocycles. The Morgan fingerprint density at radius 3 is 2.47 bits per heavy atom. The van der Waals surface area contributed by atoms with E-state index < -0.39 is 0 Å². The molecule has 0 unspecified atom stereocenters. The summed E-state index contributed by atoms with van der Waals surface area (Å²) in [6, 6.07) is 8.98. The Hall–Kier alpha value is -0.820. The van der Waals surface area contributed by atoms with Gasteiger partial charge in [-0.3, -0.25) is 0 Å². The van der Waals surface area contributed by atoms with Crippen molar-refractivity contribution in [1.29, 1.82) is 0 Å². The van der Waals surface area contributed by atoms with E-state index in [-0.39, 0.29) is 5.54 Å². The number of hydrogen-bond donors (Lipinski definition) is 1. The van der Waals surface area contributed by atoms with Crippen molar-refractivity contribution in [1.82, 2.24) is 0 Å². The van der Waals surface area contributed by atoms with Crippen molar-refractivity contribution in [3.05, 3.63) is 35.4 Å². The number of aryl methyl sites for hydroxylation is 1. The zero-order chi connectivity index (χ0) is 12.1. The monoisotopic (exact) mass is 231 g/mol. The van der Waals surface area contributed by atoms with E-state index in [2.05, 4.69) is 31.2 Å². The highest BCUT2D eigenvalue weighted by molar-refractivity contribution is 5.29. The van der Waals surface area contributed by atoms with Crippen molar-refractivity contribution in [2.24, 2.45) is 5.73 Å². The summed E-state index contributed by atoms with van der Waals surface area (Å²) in [7, 11) is 0. The van der Waals surface area contributed by atoms with E-state index >= 15 is 0 Å². The van der Waals surface area contributed by atoms with Gasteiger partial charge in [-0.05, 0) is 30.4 Å². The Labute approximate surface area is 105 Å². The zero-order valence-corrected chi connectivity index (χ0v) is 11.0. The van der Waals surface area contributed by atoms with Crippen LogP contribution in [0, 0.1) is 0 Å². The van der Waals surface area contributed by atoms with Crippen molar-refractivity contribution in [3.63, 3.8) is 0 Å². The first-order chi connectivity index (χ1) is 8.24. The van der Waals surface area contributed by atoms with Crippen LogP contribution < -0.4 is 5.73 Å². The summed E-state index contributed by atoms with van der Waals surface area (Å²) in [5.41, 5.74) is 9.40. The molecular weight excluding hydrogens is 206 g/mol. The number of hydrogen-bond acceptors (Lipinski definition) is 1. The molecule has 1 saturated carbocycles. The number of benzene rings is 1. The fourth-order valence-corrected chi connectivity index (χ4v) is 2.97. The Morgan fingerprint density at radius 2 is 1.82 bits per heavy atom. The average molecular weight is 231 g/mol. The van der Waals surface area contributed by atoms with Gasteiger partial charge in [-0.1, -0.05) is 63.3 Å². The highest BCUT2D eigenvalue weighted by Gasteiger charge is 2.28. The highest BCUT2D eigenvalue weighted by atomic mass is 14.7. The Morgan fingerprint density at radius 1 is 1.12 bits per heavy atom. The van der Waals surface area contributed by atoms with Crippen LogP contribution in [0.2, 0.25) is 0 Å². The van der Waals surface area contributed by atoms with Gasteiger partial charge in [0.15, 0.2) is 0 Å². The normalized spacial score (nSPS) is 19.9. The molecule has 1 heteroatoms. The second-order valence-corrected chi connectivity index (χ2v) is 5.52. The maximum atomic E-state index is 6.65. The molecule has 1 aromatic rings. The molecule has 0 aliphatic heterocycles. The molecule has 0 bridgehead atoms. The van der Waals surface area contributed by atoms with Crippen LogP contribution in [0.15, 0.2) is 24.3 Å². The molecule has 2 rings (SSSR count). The van der Waals surface area contributed by atoms with E-state index in [1.54, 1.807) is 0 Å². The average Bonchev–Trinajstić information content (AvgIpc) is 2.56. The molecule has 0 amide bonds. The standard InChI is InChI=1S/C16H25N/c1-2-8-14-9-7-10-15(13-14)16(17)11-5-3-4-6-12-16/h7,9-10,13H,2-6,8,11-12,17H2,1H3. The number of nitrogens with two attached hydrogens (primary N) is 1. The lowest BCUT2D eigenvalue weighted by molar-refractivity contribution is 0.385. The van der Waals surface area contributed by atoms with Crippen LogP contribution >= 0.6 is 0 Å². The molecule has 94 valence electrons. The predicted octanol–water partition coefficient (Wildman–Crippen LogP) is 4.15. The van der Waals surface area contributed by atoms with E-state index in [1.807, 2.05) is 0 Å². The molecule has 1 aromatic carbocycles. The minimum absolute atomic E-state index is 0.0553. The van der Waals surface area contributed by atoms with Crippen LogP contribution in [0.25, 0.3) is 0 Å². The Bertz CT molecular complexity index is 348. The molecule has 2 N–H and O–H groups in total. The molecule has 17 heavy (non-hydrogen) atoms. The minimum atomic E-state index is -0.0553. The molecule has 0 heterocycles. The maximum absolute atomic E-state index is 6.65. The first kappa shape index (κ1) is 12.6. The van der Waals surface area contributed by atoms with Crippen molar-refractivity contribution in [3.8, 4) is 0 Å². The van der Waals surface area contributed by atoms with Gasteiger partial charge in [0, 0.05) is 5.54 Å². The van der Waals surface area contributed by atoms with Gasteiger partial charge in [-0.15, -0.1) is 0 Å². The van der Waals surface area contributed by atoms with E-state index in [0.29, 0.717) is 0 Å². The zero-order valence-electron chi connectivity index (χ0n) is 11.0. The molecule has 1 nitrogen and oxygen atoms in total. The summed E-state index contributed by atoms with van der Waals surface area (Å²) < 4.78 is 0. The van der Waals surface area contributed by atoms with Crippen LogP contribution in [0.5, 0.6) is 0 Å². The smallest absolute Gasteiger partial charge is 0.0409 e. The lowest BCUT2D eigenvalue weighted by Gasteiger charge is -2.29. The number of rotatable bonds is 3. The second kappa shape index (κ2) is 5.68. The van der Waals surface area contributed by atoms with Crippen molar-refractivity contribution in [2.45, 2.75) is 63.8 Å². The molecule has 1 aliphatic carbocycles. The molecule has 0 saturated heterocycles. The summed E-state index contributed by atoms with van der Waals surface area (Å²) >= 11 is 0. The van der Waals surface area contributed by atoms with E-state index in [1.165, 1.54) is 49.7 Å². The third-order valence-electron chi connectivity index (χ3n) is 4.04. The van der Waals surface area contributed by atoms with E-state index in [9.17, 15) is 0 Å². The van der Waals surface area contributed by atoms with Crippen LogP contribution in [0.3, 0.4) is 0 Å². The molecule has 0 radical (unpaired) electrons. The van der Waals surface area contributed by atoms with Crippen LogP contribution in [-0.2, 0) is 12.0 Å². The van der Waals surface area contributed by atoms with Crippen LogP contribution in [-0.4, -0.2) is 0 Å². The molecule has 1 fully saturated rings. The van der Waals surface area contributed by atoms with Gasteiger partial charge >= 0.3 is 0 Å². The first-order valence-corrected chi connectivity index (χ1v) is 7.13. The second-order valence-electron chi connectivity index (χ2n) is 5.52. The van der Waals surface area contributed by atoms with Gasteiger partial charge in [0.25, 0.3) is 0 Å². The van der Waals surface area contributed by atoms with Crippen molar-refractivity contribution in [2.75, 3.05) is 0 Å². The summed E-state index contributed by atoms with van der Waals surface area (Å²) in [6.07, 6.45) is 9.97. The third-order valence-corrected chi connectivity index (χ3v) is 4.04. The summed E-state index contributed by atoms with van der Waals surface area (Å²) in [6.45, 7) is 2.23. The summed E-state index contributed by atoms with van der Waals surface area (Å²) in [5, 5.41) is 0. The quantitative estimate of drug-likeness (QED) is 0.777. The van der Waals surface area contributed by atoms with E-state index in [4.69, 9.17) is 5.73 Å². The summed E-state index contributed by atoms with van der Waals surface area (Å²) in [4.78, 5) is 0. The fraction of sp³-hybridized carbons (Fsp3) is 0.625. The Balaban J connectivity index is 2.21. The molecule has 1 aliphatic rings. The van der Waals surface area contributed by atoms with Gasteiger partial charge < -0.3 is 5.73 Å². The lowest BCUT2D eigenvalue weighted by atomic mass is 9.83. The molecule has 0 atom stereocenters. The minimum Gasteiger partial charge on any atom is -0.321 e. The van der Waals surface area contributed by atoms with Crippen molar-refractivity contribution >= 4 is 0 Å². The van der Waals surface area contributed by atoms with Gasteiger partial charge in [0.05, 0.1) is 0 Å². The topological polar surface area (TPSA) is 26.0 Å². The van der Waals surface area contributed by atoms with Crippen molar-refractivity contribution < 1.29 is 0 Å². The van der Waals surface area contributed by atoms with Gasteiger partial charge in [-0.25, -0.2) is 0 Å². The molecule has 0 spiro atoms. The maximum Gasteiger partial charge on any atom is 0.0409 e. The largest absolute Gasteiger partial charge is 0.321 e. The van der Waals surface area contributed by atoms with Gasteiger partial charge in [-0.2, -0.15) is 0 Å². The third kappa shape index (κ3) is 3.10. The van der Waals surface area contributed by atoms with E-state index in [0.717, 1.165) is 12.8 Å². The highest BCUT2D eigenvalue weighted by Crippen LogP contribution is 2.34.